The van der Waals surface area contributed by atoms with Crippen molar-refractivity contribution in [3.8, 4) is 0 Å². The minimum atomic E-state index is 0.717. The van der Waals surface area contributed by atoms with Gasteiger partial charge in [-0.1, -0.05) is 107 Å². The van der Waals surface area contributed by atoms with E-state index < -0.39 is 0 Å². The standard InChI is InChI=1S/C34H54O/c1-3-5-27-35-28-34-25-23-33(24-26-34)14-9-8-13-32-21-19-31(20-22-32)12-7-6-11-30-17-15-29(10-4-2)16-18-30/h3-4,10,23-26,29-32H,1,5-9,11-22,27-28H2,2H3/b10-4+/t29-,30-,31?,32?. The van der Waals surface area contributed by atoms with Crippen LogP contribution in [0.4, 0.5) is 0 Å². The summed E-state index contributed by atoms with van der Waals surface area (Å²) in [5.41, 5.74) is 2.76. The fourth-order valence-corrected chi connectivity index (χ4v) is 6.54. The van der Waals surface area contributed by atoms with E-state index in [2.05, 4.69) is 49.9 Å². The van der Waals surface area contributed by atoms with Crippen molar-refractivity contribution in [3.05, 3.63) is 60.2 Å². The Morgan fingerprint density at radius 1 is 0.743 bits per heavy atom. The van der Waals surface area contributed by atoms with Crippen LogP contribution in [0.1, 0.15) is 121 Å². The molecule has 1 aromatic carbocycles. The Balaban J connectivity index is 1.16. The molecule has 0 saturated heterocycles. The molecule has 3 rings (SSSR count). The number of unbranched alkanes of at least 4 members (excludes halogenated alkanes) is 2. The minimum Gasteiger partial charge on any atom is -0.376 e. The number of hydrogen-bond acceptors (Lipinski definition) is 1. The Hall–Kier alpha value is -1.34. The quantitative estimate of drug-likeness (QED) is 0.170. The van der Waals surface area contributed by atoms with E-state index in [1.807, 2.05) is 6.08 Å². The van der Waals surface area contributed by atoms with Crippen molar-refractivity contribution >= 4 is 0 Å². The lowest BCUT2D eigenvalue weighted by Crippen LogP contribution is -2.15. The number of ether oxygens (including phenoxy) is 1. The lowest BCUT2D eigenvalue weighted by molar-refractivity contribution is 0.125. The van der Waals surface area contributed by atoms with Gasteiger partial charge in [-0.2, -0.15) is 0 Å². The van der Waals surface area contributed by atoms with Crippen LogP contribution in [0.2, 0.25) is 0 Å². The van der Waals surface area contributed by atoms with Gasteiger partial charge in [0.25, 0.3) is 0 Å². The highest BCUT2D eigenvalue weighted by Gasteiger charge is 2.22. The van der Waals surface area contributed by atoms with Crippen LogP contribution in [-0.2, 0) is 17.8 Å². The predicted octanol–water partition coefficient (Wildman–Crippen LogP) is 10.2. The molecule has 0 aliphatic heterocycles. The molecule has 0 N–H and O–H groups in total. The lowest BCUT2D eigenvalue weighted by Gasteiger charge is -2.29. The van der Waals surface area contributed by atoms with Gasteiger partial charge in [0.2, 0.25) is 0 Å². The number of allylic oxidation sites excluding steroid dienone is 2. The number of hydrogen-bond donors (Lipinski definition) is 0. The molecule has 0 atom stereocenters. The third-order valence-electron chi connectivity index (χ3n) is 8.88. The average Bonchev–Trinajstić information content (AvgIpc) is 2.90. The van der Waals surface area contributed by atoms with E-state index in [1.54, 1.807) is 0 Å². The summed E-state index contributed by atoms with van der Waals surface area (Å²) in [4.78, 5) is 0. The summed E-state index contributed by atoms with van der Waals surface area (Å²) in [6.07, 6.45) is 30.8. The molecule has 2 aliphatic carbocycles. The average molecular weight is 479 g/mol. The van der Waals surface area contributed by atoms with Gasteiger partial charge in [0.15, 0.2) is 0 Å². The Morgan fingerprint density at radius 3 is 1.80 bits per heavy atom. The Morgan fingerprint density at radius 2 is 1.26 bits per heavy atom. The van der Waals surface area contributed by atoms with Crippen LogP contribution in [-0.4, -0.2) is 6.61 Å². The second-order valence-electron chi connectivity index (χ2n) is 11.7. The van der Waals surface area contributed by atoms with Gasteiger partial charge in [0, 0.05) is 0 Å². The first-order valence-electron chi connectivity index (χ1n) is 15.2. The first kappa shape index (κ1) is 28.2. The molecule has 0 aromatic heterocycles. The molecule has 2 saturated carbocycles. The maximum Gasteiger partial charge on any atom is 0.0717 e. The molecular formula is C34H54O. The van der Waals surface area contributed by atoms with E-state index >= 15 is 0 Å². The molecule has 1 aromatic rings. The van der Waals surface area contributed by atoms with Crippen molar-refractivity contribution in [2.24, 2.45) is 23.7 Å². The van der Waals surface area contributed by atoms with Crippen molar-refractivity contribution < 1.29 is 4.74 Å². The SMILES string of the molecule is C=CCCOCc1ccc(CCCCC2CCC(CCCC[C@H]3CC[C@H](/C=C/C)CC3)CC2)cc1. The van der Waals surface area contributed by atoms with Crippen molar-refractivity contribution in [2.45, 2.75) is 123 Å². The van der Waals surface area contributed by atoms with E-state index in [1.165, 1.54) is 114 Å². The van der Waals surface area contributed by atoms with Crippen LogP contribution < -0.4 is 0 Å². The van der Waals surface area contributed by atoms with Crippen LogP contribution in [0.25, 0.3) is 0 Å². The van der Waals surface area contributed by atoms with Gasteiger partial charge in [-0.15, -0.1) is 6.58 Å². The molecular weight excluding hydrogens is 424 g/mol. The highest BCUT2D eigenvalue weighted by atomic mass is 16.5. The van der Waals surface area contributed by atoms with Crippen LogP contribution in [0.3, 0.4) is 0 Å². The molecule has 2 aliphatic rings. The Kier molecular flexibility index (Phi) is 13.9. The topological polar surface area (TPSA) is 9.23 Å². The lowest BCUT2D eigenvalue weighted by atomic mass is 9.77. The molecule has 196 valence electrons. The molecule has 2 fully saturated rings. The van der Waals surface area contributed by atoms with Crippen LogP contribution >= 0.6 is 0 Å². The summed E-state index contributed by atoms with van der Waals surface area (Å²) in [5, 5.41) is 0. The van der Waals surface area contributed by atoms with E-state index in [-0.39, 0.29) is 0 Å². The van der Waals surface area contributed by atoms with Gasteiger partial charge in [-0.25, -0.2) is 0 Å². The van der Waals surface area contributed by atoms with Crippen molar-refractivity contribution in [2.75, 3.05) is 6.61 Å². The highest BCUT2D eigenvalue weighted by molar-refractivity contribution is 5.22. The van der Waals surface area contributed by atoms with Crippen LogP contribution in [0, 0.1) is 23.7 Å². The fraction of sp³-hybridized carbons (Fsp3) is 0.706. The largest absolute Gasteiger partial charge is 0.376 e. The third kappa shape index (κ3) is 11.5. The smallest absolute Gasteiger partial charge is 0.0717 e. The van der Waals surface area contributed by atoms with Crippen LogP contribution in [0.15, 0.2) is 49.1 Å². The molecule has 35 heavy (non-hydrogen) atoms. The highest BCUT2D eigenvalue weighted by Crippen LogP contribution is 2.36. The zero-order valence-corrected chi connectivity index (χ0v) is 22.9. The molecule has 0 spiro atoms. The first-order chi connectivity index (χ1) is 17.3. The summed E-state index contributed by atoms with van der Waals surface area (Å²) in [6, 6.07) is 9.07. The van der Waals surface area contributed by atoms with Gasteiger partial charge >= 0.3 is 0 Å². The van der Waals surface area contributed by atoms with Gasteiger partial charge in [-0.3, -0.25) is 0 Å². The molecule has 1 nitrogen and oxygen atoms in total. The molecule has 1 heteroatoms. The first-order valence-corrected chi connectivity index (χ1v) is 15.2. The second-order valence-corrected chi connectivity index (χ2v) is 11.7. The molecule has 0 bridgehead atoms. The summed E-state index contributed by atoms with van der Waals surface area (Å²) in [5.74, 6) is 3.96. The van der Waals surface area contributed by atoms with Gasteiger partial charge in [0.1, 0.15) is 0 Å². The third-order valence-corrected chi connectivity index (χ3v) is 8.88. The Labute approximate surface area is 217 Å². The van der Waals surface area contributed by atoms with Gasteiger partial charge < -0.3 is 4.74 Å². The van der Waals surface area contributed by atoms with Crippen molar-refractivity contribution in [1.29, 1.82) is 0 Å². The van der Waals surface area contributed by atoms with Crippen molar-refractivity contribution in [3.63, 3.8) is 0 Å². The number of benzene rings is 1. The zero-order valence-electron chi connectivity index (χ0n) is 22.9. The van der Waals surface area contributed by atoms with Gasteiger partial charge in [0.05, 0.1) is 13.2 Å². The Bertz CT molecular complexity index is 686. The summed E-state index contributed by atoms with van der Waals surface area (Å²) in [6.45, 7) is 7.39. The number of aryl methyl sites for hydroxylation is 1. The normalized spacial score (nSPS) is 25.2. The zero-order chi connectivity index (χ0) is 24.6. The van der Waals surface area contributed by atoms with Crippen molar-refractivity contribution in [1.82, 2.24) is 0 Å². The number of rotatable bonds is 16. The van der Waals surface area contributed by atoms with Gasteiger partial charge in [-0.05, 0) is 86.7 Å². The van der Waals surface area contributed by atoms with E-state index in [4.69, 9.17) is 4.74 Å². The monoisotopic (exact) mass is 478 g/mol. The maximum atomic E-state index is 5.66. The summed E-state index contributed by atoms with van der Waals surface area (Å²) >= 11 is 0. The molecule has 0 heterocycles. The predicted molar refractivity (Wildman–Crippen MR) is 153 cm³/mol. The fourth-order valence-electron chi connectivity index (χ4n) is 6.54. The van der Waals surface area contributed by atoms with E-state index in [0.29, 0.717) is 0 Å². The van der Waals surface area contributed by atoms with E-state index in [9.17, 15) is 0 Å². The maximum absolute atomic E-state index is 5.66. The summed E-state index contributed by atoms with van der Waals surface area (Å²) in [7, 11) is 0. The minimum absolute atomic E-state index is 0.717. The molecule has 0 radical (unpaired) electrons. The van der Waals surface area contributed by atoms with E-state index in [0.717, 1.165) is 43.3 Å². The molecule has 0 unspecified atom stereocenters. The van der Waals surface area contributed by atoms with Crippen LogP contribution in [0.5, 0.6) is 0 Å². The second kappa shape index (κ2) is 17.2. The molecule has 0 amide bonds. The summed E-state index contributed by atoms with van der Waals surface area (Å²) < 4.78 is 5.66.